The number of benzene rings is 2. The number of amides is 2. The Kier molecular flexibility index (Phi) is 6.44. The molecule has 5 nitrogen and oxygen atoms in total. The van der Waals surface area contributed by atoms with Gasteiger partial charge in [-0.05, 0) is 30.2 Å². The van der Waals surface area contributed by atoms with Gasteiger partial charge in [-0.15, -0.1) is 11.3 Å². The quantitative estimate of drug-likeness (QED) is 0.585. The minimum absolute atomic E-state index is 0.160. The van der Waals surface area contributed by atoms with E-state index in [1.807, 2.05) is 5.38 Å². The van der Waals surface area contributed by atoms with Crippen LogP contribution in [-0.4, -0.2) is 16.8 Å². The van der Waals surface area contributed by atoms with E-state index in [1.54, 1.807) is 18.2 Å². The number of thiazole rings is 1. The fourth-order valence-corrected chi connectivity index (χ4v) is 3.71. The summed E-state index contributed by atoms with van der Waals surface area (Å²) in [6.07, 6.45) is 1.16. The van der Waals surface area contributed by atoms with Crippen LogP contribution in [-0.2, 0) is 22.4 Å². The van der Waals surface area contributed by atoms with Crippen LogP contribution < -0.4 is 10.6 Å². The van der Waals surface area contributed by atoms with Crippen LogP contribution >= 0.6 is 22.9 Å². The first-order valence-corrected chi connectivity index (χ1v) is 10.1. The lowest BCUT2D eigenvalue weighted by Gasteiger charge is -2.09. The molecule has 0 atom stereocenters. The van der Waals surface area contributed by atoms with Gasteiger partial charge in [-0.25, -0.2) is 4.98 Å². The first kappa shape index (κ1) is 20.0. The highest BCUT2D eigenvalue weighted by Gasteiger charge is 2.11. The molecule has 144 valence electrons. The van der Waals surface area contributed by atoms with E-state index >= 15 is 0 Å². The third-order valence-electron chi connectivity index (χ3n) is 4.07. The van der Waals surface area contributed by atoms with Gasteiger partial charge in [-0.2, -0.15) is 0 Å². The molecule has 0 radical (unpaired) electrons. The predicted octanol–water partition coefficient (Wildman–Crippen LogP) is 5.17. The largest absolute Gasteiger partial charge is 0.326 e. The molecular weight excluding hydrogens is 394 g/mol. The first-order valence-electron chi connectivity index (χ1n) is 8.85. The van der Waals surface area contributed by atoms with E-state index in [2.05, 4.69) is 46.8 Å². The second-order valence-corrected chi connectivity index (χ2v) is 7.56. The van der Waals surface area contributed by atoms with Crippen molar-refractivity contribution in [2.45, 2.75) is 26.7 Å². The number of aryl methyl sites for hydroxylation is 1. The molecule has 2 amide bonds. The Bertz CT molecular complexity index is 999. The number of halogens is 1. The van der Waals surface area contributed by atoms with Crippen molar-refractivity contribution in [2.24, 2.45) is 0 Å². The molecule has 0 spiro atoms. The lowest BCUT2D eigenvalue weighted by atomic mass is 10.1. The third-order valence-corrected chi connectivity index (χ3v) is 5.32. The topological polar surface area (TPSA) is 71.1 Å². The average Bonchev–Trinajstić information content (AvgIpc) is 3.12. The Morgan fingerprint density at radius 2 is 1.86 bits per heavy atom. The molecule has 0 saturated heterocycles. The van der Waals surface area contributed by atoms with E-state index in [4.69, 9.17) is 11.6 Å². The lowest BCUT2D eigenvalue weighted by molar-refractivity contribution is -0.116. The lowest BCUT2D eigenvalue weighted by Crippen LogP contribution is -2.15. The Balaban J connectivity index is 1.63. The van der Waals surface area contributed by atoms with Crippen LogP contribution in [0, 0.1) is 0 Å². The summed E-state index contributed by atoms with van der Waals surface area (Å²) in [5, 5.41) is 8.57. The zero-order valence-electron chi connectivity index (χ0n) is 15.6. The molecule has 0 aliphatic heterocycles. The summed E-state index contributed by atoms with van der Waals surface area (Å²) in [6.45, 7) is 3.54. The van der Waals surface area contributed by atoms with Crippen LogP contribution in [0.1, 0.15) is 25.1 Å². The van der Waals surface area contributed by atoms with Crippen molar-refractivity contribution < 1.29 is 9.59 Å². The molecule has 0 aliphatic rings. The SMILES string of the molecule is CCc1ccc(-c2nc(CC(=O)Nc3ccc(NC(C)=O)cc3Cl)cs2)cc1. The molecule has 3 aromatic rings. The summed E-state index contributed by atoms with van der Waals surface area (Å²) in [7, 11) is 0. The van der Waals surface area contributed by atoms with E-state index in [9.17, 15) is 9.59 Å². The summed E-state index contributed by atoms with van der Waals surface area (Å²) in [5.74, 6) is -0.385. The molecule has 2 N–H and O–H groups in total. The number of carbonyl (C=O) groups excluding carboxylic acids is 2. The standard InChI is InChI=1S/C21H20ClN3O2S/c1-3-14-4-6-15(7-5-14)21-24-17(12-28-21)11-20(27)25-19-9-8-16(10-18(19)22)23-13(2)26/h4-10,12H,3,11H2,1-2H3,(H,23,26)(H,25,27). The van der Waals surface area contributed by atoms with Gasteiger partial charge < -0.3 is 10.6 Å². The molecule has 0 aliphatic carbocycles. The number of carbonyl (C=O) groups is 2. The minimum atomic E-state index is -0.202. The van der Waals surface area contributed by atoms with Crippen LogP contribution in [0.5, 0.6) is 0 Å². The van der Waals surface area contributed by atoms with Gasteiger partial charge >= 0.3 is 0 Å². The highest BCUT2D eigenvalue weighted by molar-refractivity contribution is 7.13. The molecular formula is C21H20ClN3O2S. The molecule has 0 fully saturated rings. The molecule has 1 aromatic heterocycles. The van der Waals surface area contributed by atoms with Crippen molar-refractivity contribution in [1.29, 1.82) is 0 Å². The Morgan fingerprint density at radius 1 is 1.11 bits per heavy atom. The molecule has 28 heavy (non-hydrogen) atoms. The summed E-state index contributed by atoms with van der Waals surface area (Å²) in [4.78, 5) is 28.0. The maximum atomic E-state index is 12.4. The zero-order chi connectivity index (χ0) is 20.1. The Morgan fingerprint density at radius 3 is 2.50 bits per heavy atom. The van der Waals surface area contributed by atoms with E-state index in [0.29, 0.717) is 22.1 Å². The van der Waals surface area contributed by atoms with Gasteiger partial charge in [0.2, 0.25) is 11.8 Å². The second kappa shape index (κ2) is 8.99. The van der Waals surface area contributed by atoms with Crippen LogP contribution in [0.4, 0.5) is 11.4 Å². The first-order chi connectivity index (χ1) is 13.4. The summed E-state index contributed by atoms with van der Waals surface area (Å²) >= 11 is 7.71. The molecule has 0 saturated carbocycles. The molecule has 0 unspecified atom stereocenters. The number of anilines is 2. The number of hydrogen-bond acceptors (Lipinski definition) is 4. The number of hydrogen-bond donors (Lipinski definition) is 2. The van der Waals surface area contributed by atoms with Crippen molar-refractivity contribution in [3.63, 3.8) is 0 Å². The van der Waals surface area contributed by atoms with Gasteiger partial charge in [-0.1, -0.05) is 42.8 Å². The normalized spacial score (nSPS) is 10.5. The van der Waals surface area contributed by atoms with E-state index in [1.165, 1.54) is 23.8 Å². The summed E-state index contributed by atoms with van der Waals surface area (Å²) in [5.41, 5.74) is 4.11. The predicted molar refractivity (Wildman–Crippen MR) is 115 cm³/mol. The molecule has 7 heteroatoms. The van der Waals surface area contributed by atoms with Gasteiger partial charge in [0.05, 0.1) is 22.8 Å². The van der Waals surface area contributed by atoms with E-state index in [-0.39, 0.29) is 18.2 Å². The van der Waals surface area contributed by atoms with Gasteiger partial charge in [0.1, 0.15) is 5.01 Å². The highest BCUT2D eigenvalue weighted by Crippen LogP contribution is 2.27. The van der Waals surface area contributed by atoms with Crippen LogP contribution in [0.15, 0.2) is 47.8 Å². The van der Waals surface area contributed by atoms with Gasteiger partial charge in [0, 0.05) is 23.6 Å². The average molecular weight is 414 g/mol. The number of nitrogens with one attached hydrogen (secondary N) is 2. The van der Waals surface area contributed by atoms with Crippen LogP contribution in [0.3, 0.4) is 0 Å². The number of rotatable bonds is 6. The monoisotopic (exact) mass is 413 g/mol. The van der Waals surface area contributed by atoms with Crippen molar-refractivity contribution in [1.82, 2.24) is 4.98 Å². The fraction of sp³-hybridized carbons (Fsp3) is 0.190. The fourth-order valence-electron chi connectivity index (χ4n) is 2.66. The van der Waals surface area contributed by atoms with E-state index < -0.39 is 0 Å². The van der Waals surface area contributed by atoms with E-state index in [0.717, 1.165) is 17.0 Å². The second-order valence-electron chi connectivity index (χ2n) is 6.30. The van der Waals surface area contributed by atoms with Gasteiger partial charge in [0.25, 0.3) is 0 Å². The van der Waals surface area contributed by atoms with Crippen molar-refractivity contribution in [3.05, 3.63) is 64.1 Å². The molecule has 0 bridgehead atoms. The number of aromatic nitrogens is 1. The maximum absolute atomic E-state index is 12.4. The van der Waals surface area contributed by atoms with Crippen molar-refractivity contribution in [3.8, 4) is 10.6 Å². The van der Waals surface area contributed by atoms with Crippen molar-refractivity contribution >= 4 is 46.1 Å². The molecule has 2 aromatic carbocycles. The summed E-state index contributed by atoms with van der Waals surface area (Å²) in [6, 6.07) is 13.2. The zero-order valence-corrected chi connectivity index (χ0v) is 17.2. The van der Waals surface area contributed by atoms with Crippen LogP contribution in [0.2, 0.25) is 5.02 Å². The highest BCUT2D eigenvalue weighted by atomic mass is 35.5. The Hall–Kier alpha value is -2.70. The van der Waals surface area contributed by atoms with Crippen LogP contribution in [0.25, 0.3) is 10.6 Å². The smallest absolute Gasteiger partial charge is 0.230 e. The molecule has 1 heterocycles. The van der Waals surface area contributed by atoms with Gasteiger partial charge in [-0.3, -0.25) is 9.59 Å². The summed E-state index contributed by atoms with van der Waals surface area (Å²) < 4.78 is 0. The molecule has 3 rings (SSSR count). The Labute approximate surface area is 172 Å². The minimum Gasteiger partial charge on any atom is -0.326 e. The number of nitrogens with zero attached hydrogens (tertiary/aromatic N) is 1. The van der Waals surface area contributed by atoms with Crippen molar-refractivity contribution in [2.75, 3.05) is 10.6 Å². The third kappa shape index (κ3) is 5.18. The van der Waals surface area contributed by atoms with Gasteiger partial charge in [0.15, 0.2) is 0 Å². The maximum Gasteiger partial charge on any atom is 0.230 e.